The molecule has 0 atom stereocenters. The molecule has 0 unspecified atom stereocenters. The predicted octanol–water partition coefficient (Wildman–Crippen LogP) is 4.97. The molecule has 84 valence electrons. The summed E-state index contributed by atoms with van der Waals surface area (Å²) in [5, 5.41) is 0. The van der Waals surface area contributed by atoms with Crippen molar-refractivity contribution in [2.45, 2.75) is 32.2 Å². The summed E-state index contributed by atoms with van der Waals surface area (Å²) in [4.78, 5) is 0. The zero-order valence-corrected chi connectivity index (χ0v) is 12.0. The van der Waals surface area contributed by atoms with E-state index in [-0.39, 0.29) is 0 Å². The van der Waals surface area contributed by atoms with Crippen LogP contribution in [0.4, 0.5) is 0 Å². The smallest absolute Gasteiger partial charge is 0.126 e. The zero-order valence-electron chi connectivity index (χ0n) is 8.77. The lowest BCUT2D eigenvalue weighted by Gasteiger charge is -2.08. The van der Waals surface area contributed by atoms with Gasteiger partial charge < -0.3 is 0 Å². The van der Waals surface area contributed by atoms with E-state index >= 15 is 0 Å². The molecule has 0 aromatic heterocycles. The Kier molecular flexibility index (Phi) is 5.48. The topological polar surface area (TPSA) is 0 Å². The van der Waals surface area contributed by atoms with Gasteiger partial charge in [-0.2, -0.15) is 0 Å². The Labute approximate surface area is 107 Å². The molecule has 0 fully saturated rings. The third-order valence-corrected chi connectivity index (χ3v) is 5.04. The van der Waals surface area contributed by atoms with Crippen LogP contribution in [0, 0.1) is 6.92 Å². The van der Waals surface area contributed by atoms with E-state index in [2.05, 4.69) is 31.2 Å². The van der Waals surface area contributed by atoms with E-state index in [1.165, 1.54) is 11.1 Å². The second-order valence-electron chi connectivity index (χ2n) is 3.75. The van der Waals surface area contributed by atoms with Gasteiger partial charge in [-0.05, 0) is 36.9 Å². The second-order valence-corrected chi connectivity index (χ2v) is 13.0. The van der Waals surface area contributed by atoms with Crippen molar-refractivity contribution in [3.63, 3.8) is 0 Å². The molecule has 0 bridgehead atoms. The van der Waals surface area contributed by atoms with E-state index in [9.17, 15) is 0 Å². The summed E-state index contributed by atoms with van der Waals surface area (Å²) < 4.78 is 0. The van der Waals surface area contributed by atoms with Gasteiger partial charge >= 0.3 is 6.00 Å². The molecular formula is C11H15Cl3Si. The van der Waals surface area contributed by atoms with Crippen LogP contribution in [-0.4, -0.2) is 6.00 Å². The molecule has 0 heterocycles. The van der Waals surface area contributed by atoms with Crippen molar-refractivity contribution in [2.24, 2.45) is 0 Å². The molecule has 1 aromatic rings. The minimum atomic E-state index is -2.39. The van der Waals surface area contributed by atoms with E-state index in [1.54, 1.807) is 0 Å². The number of hydrogen-bond acceptors (Lipinski definition) is 0. The van der Waals surface area contributed by atoms with Crippen molar-refractivity contribution in [3.8, 4) is 0 Å². The Hall–Kier alpha value is 0.307. The molecule has 0 saturated heterocycles. The molecule has 1 rings (SSSR count). The molecular weight excluding hydrogens is 267 g/mol. The highest BCUT2D eigenvalue weighted by atomic mass is 35.8. The number of halogens is 3. The van der Waals surface area contributed by atoms with Gasteiger partial charge in [-0.25, -0.2) is 0 Å². The first-order valence-electron chi connectivity index (χ1n) is 5.10. The Morgan fingerprint density at radius 2 is 1.73 bits per heavy atom. The minimum absolute atomic E-state index is 0.767. The van der Waals surface area contributed by atoms with Crippen molar-refractivity contribution in [1.29, 1.82) is 0 Å². The quantitative estimate of drug-likeness (QED) is 0.406. The molecule has 0 aliphatic carbocycles. The molecule has 15 heavy (non-hydrogen) atoms. The third-order valence-electron chi connectivity index (χ3n) is 2.42. The minimum Gasteiger partial charge on any atom is -0.126 e. The van der Waals surface area contributed by atoms with Crippen LogP contribution in [0.2, 0.25) is 6.04 Å². The van der Waals surface area contributed by atoms with E-state index in [0.29, 0.717) is 0 Å². The molecule has 0 nitrogen and oxygen atoms in total. The van der Waals surface area contributed by atoms with Gasteiger partial charge in [-0.15, -0.1) is 33.2 Å². The van der Waals surface area contributed by atoms with Crippen molar-refractivity contribution in [2.75, 3.05) is 0 Å². The highest BCUT2D eigenvalue weighted by Gasteiger charge is 2.23. The van der Waals surface area contributed by atoms with Crippen LogP contribution in [0.15, 0.2) is 24.3 Å². The molecule has 0 radical (unpaired) electrons. The van der Waals surface area contributed by atoms with Crippen molar-refractivity contribution >= 4 is 39.2 Å². The lowest BCUT2D eigenvalue weighted by Crippen LogP contribution is -2.08. The predicted molar refractivity (Wildman–Crippen MR) is 72.2 cm³/mol. The molecule has 0 saturated carbocycles. The van der Waals surface area contributed by atoms with E-state index in [1.807, 2.05) is 0 Å². The average Bonchev–Trinajstić information content (AvgIpc) is 2.13. The summed E-state index contributed by atoms with van der Waals surface area (Å²) in [6.45, 7) is 2.14. The molecule has 0 N–H and O–H groups in total. The van der Waals surface area contributed by atoms with E-state index < -0.39 is 6.00 Å². The number of hydrogen-bond donors (Lipinski definition) is 0. The summed E-state index contributed by atoms with van der Waals surface area (Å²) in [6.07, 6.45) is 3.20. The highest BCUT2D eigenvalue weighted by molar-refractivity contribution is 7.64. The first-order chi connectivity index (χ1) is 6.99. The van der Waals surface area contributed by atoms with Crippen LogP contribution in [0.25, 0.3) is 0 Å². The molecule has 4 heteroatoms. The summed E-state index contributed by atoms with van der Waals surface area (Å²) in [5.41, 5.74) is 2.76. The van der Waals surface area contributed by atoms with Gasteiger partial charge in [0.2, 0.25) is 0 Å². The fraction of sp³-hybridized carbons (Fsp3) is 0.455. The number of rotatable bonds is 5. The largest absolute Gasteiger partial charge is 0.341 e. The zero-order chi connectivity index (χ0) is 11.3. The Balaban J connectivity index is 2.30. The first-order valence-corrected chi connectivity index (χ1v) is 10.3. The van der Waals surface area contributed by atoms with Crippen LogP contribution in [0.1, 0.15) is 24.0 Å². The van der Waals surface area contributed by atoms with Crippen molar-refractivity contribution in [1.82, 2.24) is 0 Å². The van der Waals surface area contributed by atoms with Crippen LogP contribution < -0.4 is 0 Å². The van der Waals surface area contributed by atoms with Crippen molar-refractivity contribution < 1.29 is 0 Å². The monoisotopic (exact) mass is 280 g/mol. The second kappa shape index (κ2) is 6.14. The van der Waals surface area contributed by atoms with Gasteiger partial charge in [0, 0.05) is 0 Å². The lowest BCUT2D eigenvalue weighted by atomic mass is 10.0. The van der Waals surface area contributed by atoms with E-state index in [4.69, 9.17) is 33.2 Å². The average molecular weight is 282 g/mol. The maximum absolute atomic E-state index is 5.82. The summed E-state index contributed by atoms with van der Waals surface area (Å²) >= 11 is 17.4. The normalized spacial score (nSPS) is 11.7. The Morgan fingerprint density at radius 1 is 1.07 bits per heavy atom. The van der Waals surface area contributed by atoms with Gasteiger partial charge in [-0.1, -0.05) is 30.7 Å². The number of unbranched alkanes of at least 4 members (excludes halogenated alkanes) is 1. The summed E-state index contributed by atoms with van der Waals surface area (Å²) in [5.74, 6) is 0. The van der Waals surface area contributed by atoms with Gasteiger partial charge in [0.15, 0.2) is 0 Å². The molecule has 0 amide bonds. The van der Waals surface area contributed by atoms with Crippen molar-refractivity contribution in [3.05, 3.63) is 35.4 Å². The SMILES string of the molecule is Cc1ccccc1CCCC[Si](Cl)(Cl)Cl. The van der Waals surface area contributed by atoms with Gasteiger partial charge in [0.25, 0.3) is 0 Å². The Bertz CT molecular complexity index is 307. The van der Waals surface area contributed by atoms with Gasteiger partial charge in [-0.3, -0.25) is 0 Å². The molecule has 1 aromatic carbocycles. The number of benzene rings is 1. The van der Waals surface area contributed by atoms with Crippen LogP contribution in [0.3, 0.4) is 0 Å². The van der Waals surface area contributed by atoms with Gasteiger partial charge in [0.1, 0.15) is 0 Å². The molecule has 0 aliphatic rings. The lowest BCUT2D eigenvalue weighted by molar-refractivity contribution is 0.788. The van der Waals surface area contributed by atoms with E-state index in [0.717, 1.165) is 25.3 Å². The highest BCUT2D eigenvalue weighted by Crippen LogP contribution is 2.27. The van der Waals surface area contributed by atoms with Crippen LogP contribution in [0.5, 0.6) is 0 Å². The third kappa shape index (κ3) is 5.81. The fourth-order valence-corrected chi connectivity index (χ4v) is 3.39. The summed E-state index contributed by atoms with van der Waals surface area (Å²) in [7, 11) is 0. The maximum Gasteiger partial charge on any atom is 0.341 e. The standard InChI is InChI=1S/C11H15Cl3Si/c1-10-6-2-3-7-11(10)8-4-5-9-15(12,13)14/h2-3,6-7H,4-5,8-9H2,1H3. The molecule has 0 spiro atoms. The number of aryl methyl sites for hydroxylation is 2. The van der Waals surface area contributed by atoms with Crippen LogP contribution in [-0.2, 0) is 6.42 Å². The molecule has 0 aliphatic heterocycles. The summed E-state index contributed by atoms with van der Waals surface area (Å²) in [6, 6.07) is 6.82. The first kappa shape index (κ1) is 13.4. The fourth-order valence-electron chi connectivity index (χ4n) is 1.53. The maximum atomic E-state index is 5.82. The van der Waals surface area contributed by atoms with Gasteiger partial charge in [0.05, 0.1) is 0 Å². The van der Waals surface area contributed by atoms with Crippen LogP contribution >= 0.6 is 33.2 Å². The Morgan fingerprint density at radius 3 is 2.33 bits per heavy atom.